The number of aliphatic hydroxyl groups excluding tert-OH is 1. The van der Waals surface area contributed by atoms with Crippen LogP contribution >= 0.6 is 0 Å². The number of aryl methyl sites for hydroxylation is 1. The van der Waals surface area contributed by atoms with Gasteiger partial charge in [-0.3, -0.25) is 0 Å². The average molecular weight is 218 g/mol. The van der Waals surface area contributed by atoms with Crippen molar-refractivity contribution in [2.24, 2.45) is 0 Å². The Morgan fingerprint density at radius 2 is 2.06 bits per heavy atom. The minimum Gasteiger partial charge on any atom is -0.388 e. The maximum absolute atomic E-state index is 10.0. The minimum absolute atomic E-state index is 0.229. The van der Waals surface area contributed by atoms with Crippen LogP contribution in [0.15, 0.2) is 18.2 Å². The van der Waals surface area contributed by atoms with Crippen molar-refractivity contribution in [3.8, 4) is 0 Å². The molecule has 0 saturated heterocycles. The molecule has 1 aliphatic rings. The zero-order valence-corrected chi connectivity index (χ0v) is 10.4. The summed E-state index contributed by atoms with van der Waals surface area (Å²) in [6, 6.07) is 6.70. The van der Waals surface area contributed by atoms with Crippen LogP contribution in [-0.4, -0.2) is 5.11 Å². The molecule has 2 atom stereocenters. The van der Waals surface area contributed by atoms with Crippen molar-refractivity contribution in [3.05, 3.63) is 34.9 Å². The Bertz CT molecular complexity index is 356. The Labute approximate surface area is 98.5 Å². The van der Waals surface area contributed by atoms with Crippen LogP contribution in [0.1, 0.15) is 68.2 Å². The summed E-state index contributed by atoms with van der Waals surface area (Å²) in [6.07, 6.45) is 5.42. The summed E-state index contributed by atoms with van der Waals surface area (Å²) in [4.78, 5) is 0. The molecule has 0 saturated carbocycles. The SMILES string of the molecule is CCCCc1ccc2c(c1)[C@H](O)CCC2C. The van der Waals surface area contributed by atoms with E-state index in [2.05, 4.69) is 32.0 Å². The predicted octanol–water partition coefficient (Wildman–Crippen LogP) is 3.96. The van der Waals surface area contributed by atoms with E-state index in [4.69, 9.17) is 0 Å². The van der Waals surface area contributed by atoms with E-state index in [-0.39, 0.29) is 6.10 Å². The van der Waals surface area contributed by atoms with E-state index < -0.39 is 0 Å². The van der Waals surface area contributed by atoms with Gasteiger partial charge < -0.3 is 5.11 Å². The third kappa shape index (κ3) is 2.30. The van der Waals surface area contributed by atoms with Gasteiger partial charge in [0.1, 0.15) is 0 Å². The monoisotopic (exact) mass is 218 g/mol. The first kappa shape index (κ1) is 11.7. The van der Waals surface area contributed by atoms with Crippen LogP contribution in [-0.2, 0) is 6.42 Å². The van der Waals surface area contributed by atoms with Crippen LogP contribution in [0.25, 0.3) is 0 Å². The smallest absolute Gasteiger partial charge is 0.0793 e. The summed E-state index contributed by atoms with van der Waals surface area (Å²) in [5, 5.41) is 10.0. The van der Waals surface area contributed by atoms with Gasteiger partial charge in [0.25, 0.3) is 0 Å². The fraction of sp³-hybridized carbons (Fsp3) is 0.600. The minimum atomic E-state index is -0.229. The van der Waals surface area contributed by atoms with E-state index in [1.807, 2.05) is 0 Å². The lowest BCUT2D eigenvalue weighted by molar-refractivity contribution is 0.151. The Kier molecular flexibility index (Phi) is 3.65. The van der Waals surface area contributed by atoms with Crippen LogP contribution < -0.4 is 0 Å². The van der Waals surface area contributed by atoms with Gasteiger partial charge in [0, 0.05) is 0 Å². The first-order chi connectivity index (χ1) is 7.72. The van der Waals surface area contributed by atoms with Gasteiger partial charge in [-0.25, -0.2) is 0 Å². The molecule has 0 spiro atoms. The second-order valence-corrected chi connectivity index (χ2v) is 5.06. The molecule has 0 fully saturated rings. The van der Waals surface area contributed by atoms with Gasteiger partial charge in [-0.05, 0) is 48.3 Å². The van der Waals surface area contributed by atoms with Crippen molar-refractivity contribution >= 4 is 0 Å². The van der Waals surface area contributed by atoms with E-state index in [0.717, 1.165) is 19.3 Å². The van der Waals surface area contributed by atoms with Gasteiger partial charge >= 0.3 is 0 Å². The molecule has 0 aromatic heterocycles. The second-order valence-electron chi connectivity index (χ2n) is 5.06. The van der Waals surface area contributed by atoms with E-state index in [0.29, 0.717) is 5.92 Å². The first-order valence-corrected chi connectivity index (χ1v) is 6.53. The van der Waals surface area contributed by atoms with E-state index in [9.17, 15) is 5.11 Å². The molecular formula is C15H22O. The molecule has 1 heteroatoms. The molecule has 1 unspecified atom stereocenters. The van der Waals surface area contributed by atoms with Crippen molar-refractivity contribution in [2.45, 2.75) is 58.0 Å². The molecule has 1 aliphatic carbocycles. The second kappa shape index (κ2) is 5.01. The quantitative estimate of drug-likeness (QED) is 0.814. The number of unbranched alkanes of at least 4 members (excludes halogenated alkanes) is 1. The van der Waals surface area contributed by atoms with Crippen molar-refractivity contribution in [2.75, 3.05) is 0 Å². The Balaban J connectivity index is 2.25. The number of rotatable bonds is 3. The molecule has 1 aromatic carbocycles. The summed E-state index contributed by atoms with van der Waals surface area (Å²) < 4.78 is 0. The first-order valence-electron chi connectivity index (χ1n) is 6.53. The van der Waals surface area contributed by atoms with E-state index in [1.165, 1.54) is 29.5 Å². The molecule has 1 N–H and O–H groups in total. The highest BCUT2D eigenvalue weighted by atomic mass is 16.3. The molecule has 0 heterocycles. The summed E-state index contributed by atoms with van der Waals surface area (Å²) in [7, 11) is 0. The van der Waals surface area contributed by atoms with Crippen molar-refractivity contribution < 1.29 is 5.11 Å². The number of aliphatic hydroxyl groups is 1. The van der Waals surface area contributed by atoms with Gasteiger partial charge in [0.15, 0.2) is 0 Å². The highest BCUT2D eigenvalue weighted by molar-refractivity contribution is 5.37. The maximum Gasteiger partial charge on any atom is 0.0793 e. The third-order valence-corrected chi connectivity index (χ3v) is 3.73. The summed E-state index contributed by atoms with van der Waals surface area (Å²) in [6.45, 7) is 4.48. The maximum atomic E-state index is 10.0. The Morgan fingerprint density at radius 1 is 1.25 bits per heavy atom. The van der Waals surface area contributed by atoms with Gasteiger partial charge in [0.2, 0.25) is 0 Å². The van der Waals surface area contributed by atoms with Gasteiger partial charge in [0.05, 0.1) is 6.10 Å². The fourth-order valence-electron chi connectivity index (χ4n) is 2.62. The topological polar surface area (TPSA) is 20.2 Å². The number of hydrogen-bond donors (Lipinski definition) is 1. The molecule has 0 amide bonds. The molecule has 88 valence electrons. The molecule has 0 bridgehead atoms. The molecule has 2 rings (SSSR count). The van der Waals surface area contributed by atoms with Crippen molar-refractivity contribution in [1.82, 2.24) is 0 Å². The van der Waals surface area contributed by atoms with Crippen LogP contribution in [0, 0.1) is 0 Å². The lowest BCUT2D eigenvalue weighted by atomic mass is 9.81. The van der Waals surface area contributed by atoms with Crippen LogP contribution in [0.3, 0.4) is 0 Å². The number of fused-ring (bicyclic) bond motifs is 1. The number of benzene rings is 1. The van der Waals surface area contributed by atoms with Gasteiger partial charge in [-0.15, -0.1) is 0 Å². The fourth-order valence-corrected chi connectivity index (χ4v) is 2.62. The van der Waals surface area contributed by atoms with Crippen molar-refractivity contribution in [1.29, 1.82) is 0 Å². The molecule has 0 aliphatic heterocycles. The Morgan fingerprint density at radius 3 is 2.81 bits per heavy atom. The van der Waals surface area contributed by atoms with Gasteiger partial charge in [-0.2, -0.15) is 0 Å². The highest BCUT2D eigenvalue weighted by Crippen LogP contribution is 2.37. The normalized spacial score (nSPS) is 24.2. The summed E-state index contributed by atoms with van der Waals surface area (Å²) in [5.74, 6) is 0.610. The van der Waals surface area contributed by atoms with Gasteiger partial charge in [-0.1, -0.05) is 38.5 Å². The van der Waals surface area contributed by atoms with Crippen molar-refractivity contribution in [3.63, 3.8) is 0 Å². The highest BCUT2D eigenvalue weighted by Gasteiger charge is 2.22. The average Bonchev–Trinajstić information content (AvgIpc) is 2.31. The lowest BCUT2D eigenvalue weighted by Gasteiger charge is -2.27. The van der Waals surface area contributed by atoms with Crippen LogP contribution in [0.2, 0.25) is 0 Å². The molecule has 0 radical (unpaired) electrons. The zero-order valence-electron chi connectivity index (χ0n) is 10.4. The van der Waals surface area contributed by atoms with Crippen LogP contribution in [0.4, 0.5) is 0 Å². The molecule has 1 nitrogen and oxygen atoms in total. The zero-order chi connectivity index (χ0) is 11.5. The van der Waals surface area contributed by atoms with Crippen LogP contribution in [0.5, 0.6) is 0 Å². The summed E-state index contributed by atoms with van der Waals surface area (Å²) >= 11 is 0. The predicted molar refractivity (Wildman–Crippen MR) is 67.7 cm³/mol. The van der Waals surface area contributed by atoms with E-state index in [1.54, 1.807) is 0 Å². The third-order valence-electron chi connectivity index (χ3n) is 3.73. The Hall–Kier alpha value is -0.820. The van der Waals surface area contributed by atoms with E-state index >= 15 is 0 Å². The molecular weight excluding hydrogens is 196 g/mol. The largest absolute Gasteiger partial charge is 0.388 e. The molecule has 16 heavy (non-hydrogen) atoms. The number of hydrogen-bond acceptors (Lipinski definition) is 1. The lowest BCUT2D eigenvalue weighted by Crippen LogP contribution is -2.12. The summed E-state index contributed by atoms with van der Waals surface area (Å²) in [5.41, 5.74) is 3.93. The molecule has 1 aromatic rings. The standard InChI is InChI=1S/C15H22O/c1-3-4-5-12-7-8-13-11(2)6-9-15(16)14(13)10-12/h7-8,10-11,15-16H,3-6,9H2,1-2H3/t11?,15-/m1/s1.